The molecule has 0 spiro atoms. The first-order chi connectivity index (χ1) is 13.0. The first-order valence-corrected chi connectivity index (χ1v) is 8.20. The zero-order chi connectivity index (χ0) is 19.8. The van der Waals surface area contributed by atoms with Gasteiger partial charge in [-0.05, 0) is 42.3 Å². The van der Waals surface area contributed by atoms with Crippen molar-refractivity contribution in [2.45, 2.75) is 20.1 Å². The van der Waals surface area contributed by atoms with Crippen LogP contribution in [0.5, 0.6) is 0 Å². The lowest BCUT2D eigenvalue weighted by Gasteiger charge is -2.11. The van der Waals surface area contributed by atoms with Crippen molar-refractivity contribution in [3.05, 3.63) is 78.6 Å². The van der Waals surface area contributed by atoms with Gasteiger partial charge in [0.2, 0.25) is 5.91 Å². The number of pyridine rings is 1. The predicted octanol–water partition coefficient (Wildman–Crippen LogP) is 3.21. The van der Waals surface area contributed by atoms with Crippen molar-refractivity contribution >= 4 is 11.5 Å². The Hall–Kier alpha value is -3.32. The molecule has 0 saturated carbocycles. The number of aliphatic hydroxyl groups is 1. The lowest BCUT2D eigenvalue weighted by molar-refractivity contribution is -0.116. The highest BCUT2D eigenvalue weighted by atomic mass is 19.1. The number of hydrogen-bond acceptors (Lipinski definition) is 4. The van der Waals surface area contributed by atoms with Crippen molar-refractivity contribution in [3.8, 4) is 11.3 Å². The van der Waals surface area contributed by atoms with Crippen LogP contribution in [0.25, 0.3) is 16.8 Å². The summed E-state index contributed by atoms with van der Waals surface area (Å²) in [5.41, 5.74) is 3.79. The SMILES string of the molecule is C=CC(=O)NCc1cnc(/C(C=C)=C/C=C(\C)F)cc1-c1cc(CO)[nH]n1. The summed E-state index contributed by atoms with van der Waals surface area (Å²) in [4.78, 5) is 15.9. The average Bonchev–Trinajstić information content (AvgIpc) is 3.15. The van der Waals surface area contributed by atoms with Crippen molar-refractivity contribution in [1.29, 1.82) is 0 Å². The molecule has 0 aliphatic rings. The summed E-state index contributed by atoms with van der Waals surface area (Å²) in [6.07, 6.45) is 7.29. The molecule has 0 aliphatic heterocycles. The lowest BCUT2D eigenvalue weighted by atomic mass is 10.0. The Bertz CT molecular complexity index is 908. The van der Waals surface area contributed by atoms with Crippen molar-refractivity contribution in [2.75, 3.05) is 0 Å². The second-order valence-corrected chi connectivity index (χ2v) is 5.66. The summed E-state index contributed by atoms with van der Waals surface area (Å²) >= 11 is 0. The molecule has 2 rings (SSSR count). The van der Waals surface area contributed by atoms with Crippen LogP contribution in [0.2, 0.25) is 0 Å². The molecule has 0 aliphatic carbocycles. The number of carbonyl (C=O) groups excluding carboxylic acids is 1. The van der Waals surface area contributed by atoms with E-state index in [1.165, 1.54) is 19.1 Å². The molecule has 7 heteroatoms. The Morgan fingerprint density at radius 1 is 1.33 bits per heavy atom. The maximum atomic E-state index is 13.0. The number of aliphatic hydroxyl groups excluding tert-OH is 1. The molecule has 2 aromatic heterocycles. The van der Waals surface area contributed by atoms with Crippen LogP contribution in [0.15, 0.2) is 61.6 Å². The van der Waals surface area contributed by atoms with Crippen LogP contribution in [0.4, 0.5) is 4.39 Å². The zero-order valence-corrected chi connectivity index (χ0v) is 15.0. The normalized spacial score (nSPS) is 12.0. The highest BCUT2D eigenvalue weighted by Gasteiger charge is 2.13. The van der Waals surface area contributed by atoms with Crippen LogP contribution < -0.4 is 5.32 Å². The van der Waals surface area contributed by atoms with Crippen LogP contribution in [0, 0.1) is 0 Å². The maximum absolute atomic E-state index is 13.0. The van der Waals surface area contributed by atoms with Gasteiger partial charge in [0.25, 0.3) is 0 Å². The summed E-state index contributed by atoms with van der Waals surface area (Å²) in [6, 6.07) is 3.49. The van der Waals surface area contributed by atoms with E-state index in [0.29, 0.717) is 28.2 Å². The van der Waals surface area contributed by atoms with Crippen molar-refractivity contribution in [3.63, 3.8) is 0 Å². The van der Waals surface area contributed by atoms with Crippen LogP contribution in [-0.2, 0) is 17.9 Å². The molecule has 27 heavy (non-hydrogen) atoms. The number of allylic oxidation sites excluding steroid dienone is 5. The number of halogens is 1. The minimum atomic E-state index is -0.335. The van der Waals surface area contributed by atoms with Gasteiger partial charge in [-0.15, -0.1) is 0 Å². The van der Waals surface area contributed by atoms with Crippen molar-refractivity contribution < 1.29 is 14.3 Å². The van der Waals surface area contributed by atoms with Gasteiger partial charge in [-0.25, -0.2) is 4.39 Å². The van der Waals surface area contributed by atoms with Gasteiger partial charge >= 0.3 is 0 Å². The van der Waals surface area contributed by atoms with E-state index in [1.54, 1.807) is 30.5 Å². The molecule has 2 heterocycles. The first kappa shape index (κ1) is 20.0. The number of nitrogens with zero attached hydrogens (tertiary/aromatic N) is 2. The summed E-state index contributed by atoms with van der Waals surface area (Å²) in [6.45, 7) is 8.57. The Morgan fingerprint density at radius 3 is 2.70 bits per heavy atom. The Balaban J connectivity index is 2.50. The minimum Gasteiger partial charge on any atom is -0.390 e. The van der Waals surface area contributed by atoms with E-state index in [9.17, 15) is 14.3 Å². The van der Waals surface area contributed by atoms with E-state index in [0.717, 1.165) is 5.56 Å². The van der Waals surface area contributed by atoms with Crippen molar-refractivity contribution in [2.24, 2.45) is 0 Å². The molecular weight excluding hydrogens is 347 g/mol. The molecule has 0 fully saturated rings. The minimum absolute atomic E-state index is 0.175. The van der Waals surface area contributed by atoms with Crippen molar-refractivity contribution in [1.82, 2.24) is 20.5 Å². The van der Waals surface area contributed by atoms with E-state index in [2.05, 4.69) is 33.7 Å². The monoisotopic (exact) mass is 368 g/mol. The highest BCUT2D eigenvalue weighted by molar-refractivity contribution is 5.87. The molecule has 2 aromatic rings. The maximum Gasteiger partial charge on any atom is 0.243 e. The number of aromatic amines is 1. The Morgan fingerprint density at radius 2 is 2.11 bits per heavy atom. The third-order valence-electron chi connectivity index (χ3n) is 3.71. The molecule has 6 nitrogen and oxygen atoms in total. The van der Waals surface area contributed by atoms with Gasteiger partial charge in [0.05, 0.1) is 29.5 Å². The van der Waals surface area contributed by atoms with Gasteiger partial charge in [0, 0.05) is 18.3 Å². The third-order valence-corrected chi connectivity index (χ3v) is 3.71. The van der Waals surface area contributed by atoms with Crippen LogP contribution in [0.1, 0.15) is 23.9 Å². The second kappa shape index (κ2) is 9.40. The molecule has 0 radical (unpaired) electrons. The van der Waals surface area contributed by atoms with Gasteiger partial charge in [0.1, 0.15) is 0 Å². The fourth-order valence-electron chi connectivity index (χ4n) is 2.32. The topological polar surface area (TPSA) is 90.9 Å². The summed E-state index contributed by atoms with van der Waals surface area (Å²) < 4.78 is 13.0. The van der Waals surface area contributed by atoms with E-state index >= 15 is 0 Å². The fourth-order valence-corrected chi connectivity index (χ4v) is 2.32. The quantitative estimate of drug-likeness (QED) is 0.493. The van der Waals surface area contributed by atoms with Crippen LogP contribution >= 0.6 is 0 Å². The summed E-state index contributed by atoms with van der Waals surface area (Å²) in [5.74, 6) is -0.642. The van der Waals surface area contributed by atoms with E-state index in [4.69, 9.17) is 0 Å². The molecule has 1 amide bonds. The number of rotatable bonds is 8. The van der Waals surface area contributed by atoms with Crippen LogP contribution in [-0.4, -0.2) is 26.2 Å². The number of H-pyrrole nitrogens is 1. The predicted molar refractivity (Wildman–Crippen MR) is 103 cm³/mol. The summed E-state index contributed by atoms with van der Waals surface area (Å²) in [5, 5.41) is 18.9. The van der Waals surface area contributed by atoms with Gasteiger partial charge < -0.3 is 10.4 Å². The molecule has 3 N–H and O–H groups in total. The summed E-state index contributed by atoms with van der Waals surface area (Å²) in [7, 11) is 0. The van der Waals surface area contributed by atoms with Gasteiger partial charge in [-0.1, -0.05) is 25.3 Å². The lowest BCUT2D eigenvalue weighted by Crippen LogP contribution is -2.20. The van der Waals surface area contributed by atoms with Gasteiger partial charge in [0.15, 0.2) is 0 Å². The number of carbonyl (C=O) groups is 1. The standard InChI is InChI=1S/C20H21FN4O2/c1-4-14(7-6-13(3)21)18-9-17(19-8-16(12-26)24-25-19)15(10-22-18)11-23-20(27)5-2/h4-10,26H,1-2,11-12H2,3H3,(H,23,27)(H,24,25)/b13-6+,14-7+. The van der Waals surface area contributed by atoms with Crippen LogP contribution in [0.3, 0.4) is 0 Å². The number of nitrogens with one attached hydrogen (secondary N) is 2. The second-order valence-electron chi connectivity index (χ2n) is 5.66. The first-order valence-electron chi connectivity index (χ1n) is 8.20. The van der Waals surface area contributed by atoms with E-state index in [-0.39, 0.29) is 24.9 Å². The number of hydrogen-bond donors (Lipinski definition) is 3. The molecule has 0 aromatic carbocycles. The largest absolute Gasteiger partial charge is 0.390 e. The smallest absolute Gasteiger partial charge is 0.243 e. The molecule has 140 valence electrons. The van der Waals surface area contributed by atoms with Gasteiger partial charge in [-0.2, -0.15) is 5.10 Å². The fraction of sp³-hybridized carbons (Fsp3) is 0.150. The average molecular weight is 368 g/mol. The number of amides is 1. The third kappa shape index (κ3) is 5.32. The highest BCUT2D eigenvalue weighted by Crippen LogP contribution is 2.26. The molecular formula is C20H21FN4O2. The molecule has 0 saturated heterocycles. The van der Waals surface area contributed by atoms with Gasteiger partial charge in [-0.3, -0.25) is 14.9 Å². The van der Waals surface area contributed by atoms with E-state index in [1.807, 2.05) is 0 Å². The number of aromatic nitrogens is 3. The molecule has 0 unspecified atom stereocenters. The van der Waals surface area contributed by atoms with E-state index < -0.39 is 0 Å². The molecule has 0 atom stereocenters. The Kier molecular flexibility index (Phi) is 6.96. The molecule has 0 bridgehead atoms. The Labute approximate surface area is 156 Å². The zero-order valence-electron chi connectivity index (χ0n) is 15.0.